The largest absolute Gasteiger partial charge is 0.495 e. The van der Waals surface area contributed by atoms with Crippen LogP contribution >= 0.6 is 11.6 Å². The van der Waals surface area contributed by atoms with Crippen LogP contribution in [0.2, 0.25) is 5.02 Å². The number of benzene rings is 1. The van der Waals surface area contributed by atoms with Crippen LogP contribution < -0.4 is 14.8 Å². The van der Waals surface area contributed by atoms with Crippen molar-refractivity contribution in [1.29, 1.82) is 0 Å². The number of rotatable bonds is 8. The minimum Gasteiger partial charge on any atom is -0.495 e. The zero-order chi connectivity index (χ0) is 15.2. The molecular weight excluding hydrogens is 300 g/mol. The Morgan fingerprint density at radius 1 is 1.25 bits per heavy atom. The molecule has 1 rings (SSSR count). The number of aryl methyl sites for hydroxylation is 1. The molecule has 1 aromatic rings. The van der Waals surface area contributed by atoms with Crippen LogP contribution in [0.25, 0.3) is 0 Å². The summed E-state index contributed by atoms with van der Waals surface area (Å²) < 4.78 is 32.0. The van der Waals surface area contributed by atoms with Crippen molar-refractivity contribution in [3.8, 4) is 5.75 Å². The highest BCUT2D eigenvalue weighted by atomic mass is 35.5. The van der Waals surface area contributed by atoms with Crippen LogP contribution in [0.5, 0.6) is 5.75 Å². The molecule has 0 radical (unpaired) electrons. The molecule has 0 amide bonds. The standard InChI is InChI=1S/C13H21ClN2O3S/c1-4-5-15-6-7-16-20(17,18)13-9-11(14)12(19-3)8-10(13)2/h8-9,15-16H,4-7H2,1-3H3. The number of methoxy groups -OCH3 is 1. The van der Waals surface area contributed by atoms with E-state index in [0.717, 1.165) is 13.0 Å². The van der Waals surface area contributed by atoms with Gasteiger partial charge in [0.2, 0.25) is 10.0 Å². The second kappa shape index (κ2) is 7.83. The lowest BCUT2D eigenvalue weighted by molar-refractivity contribution is 0.414. The Hall–Kier alpha value is -0.820. The second-order valence-electron chi connectivity index (χ2n) is 4.40. The monoisotopic (exact) mass is 320 g/mol. The third-order valence-corrected chi connectivity index (χ3v) is 4.66. The predicted molar refractivity (Wildman–Crippen MR) is 81.1 cm³/mol. The molecular formula is C13H21ClN2O3S. The van der Waals surface area contributed by atoms with Gasteiger partial charge >= 0.3 is 0 Å². The molecule has 0 aliphatic heterocycles. The predicted octanol–water partition coefficient (Wildman–Crippen LogP) is 1.93. The smallest absolute Gasteiger partial charge is 0.240 e. The topological polar surface area (TPSA) is 67.4 Å². The quantitative estimate of drug-likeness (QED) is 0.718. The molecule has 1 aromatic carbocycles. The molecule has 0 bridgehead atoms. The number of halogens is 1. The van der Waals surface area contributed by atoms with Gasteiger partial charge in [-0.2, -0.15) is 0 Å². The Balaban J connectivity index is 2.80. The Labute approximate surface area is 125 Å². The lowest BCUT2D eigenvalue weighted by Crippen LogP contribution is -2.32. The first kappa shape index (κ1) is 17.2. The molecule has 5 nitrogen and oxygen atoms in total. The van der Waals surface area contributed by atoms with Crippen molar-refractivity contribution in [2.75, 3.05) is 26.7 Å². The van der Waals surface area contributed by atoms with Gasteiger partial charge in [0.25, 0.3) is 0 Å². The third-order valence-electron chi connectivity index (χ3n) is 2.76. The van der Waals surface area contributed by atoms with Gasteiger partial charge in [0.05, 0.1) is 17.0 Å². The summed E-state index contributed by atoms with van der Waals surface area (Å²) in [6, 6.07) is 3.03. The van der Waals surface area contributed by atoms with Gasteiger partial charge in [-0.25, -0.2) is 13.1 Å². The highest BCUT2D eigenvalue weighted by molar-refractivity contribution is 7.89. The highest BCUT2D eigenvalue weighted by Crippen LogP contribution is 2.29. The van der Waals surface area contributed by atoms with Crippen LogP contribution in [0.3, 0.4) is 0 Å². The van der Waals surface area contributed by atoms with Gasteiger partial charge in [0.1, 0.15) is 5.75 Å². The van der Waals surface area contributed by atoms with Crippen molar-refractivity contribution >= 4 is 21.6 Å². The van der Waals surface area contributed by atoms with Gasteiger partial charge in [0.15, 0.2) is 0 Å². The normalized spacial score (nSPS) is 11.6. The number of sulfonamides is 1. The summed E-state index contributed by atoms with van der Waals surface area (Å²) in [4.78, 5) is 0.179. The second-order valence-corrected chi connectivity index (χ2v) is 6.54. The summed E-state index contributed by atoms with van der Waals surface area (Å²) in [5, 5.41) is 3.41. The zero-order valence-electron chi connectivity index (χ0n) is 12.0. The van der Waals surface area contributed by atoms with Gasteiger partial charge in [-0.15, -0.1) is 0 Å². The fourth-order valence-electron chi connectivity index (χ4n) is 1.74. The van der Waals surface area contributed by atoms with E-state index in [0.29, 0.717) is 24.4 Å². The van der Waals surface area contributed by atoms with Crippen LogP contribution in [0.4, 0.5) is 0 Å². The first-order chi connectivity index (χ1) is 9.42. The summed E-state index contributed by atoms with van der Waals surface area (Å²) >= 11 is 5.98. The SMILES string of the molecule is CCCNCCNS(=O)(=O)c1cc(Cl)c(OC)cc1C. The minimum atomic E-state index is -3.56. The molecule has 0 unspecified atom stereocenters. The molecule has 0 spiro atoms. The van der Waals surface area contributed by atoms with E-state index in [1.165, 1.54) is 13.2 Å². The number of ether oxygens (including phenoxy) is 1. The summed E-state index contributed by atoms with van der Waals surface area (Å²) in [6.07, 6.45) is 1.01. The number of hydrogen-bond donors (Lipinski definition) is 2. The summed E-state index contributed by atoms with van der Waals surface area (Å²) in [5.41, 5.74) is 0.597. The van der Waals surface area contributed by atoms with E-state index in [1.54, 1.807) is 13.0 Å². The van der Waals surface area contributed by atoms with E-state index < -0.39 is 10.0 Å². The van der Waals surface area contributed by atoms with E-state index in [9.17, 15) is 8.42 Å². The maximum Gasteiger partial charge on any atom is 0.240 e. The molecule has 7 heteroatoms. The van der Waals surface area contributed by atoms with Crippen molar-refractivity contribution in [1.82, 2.24) is 10.0 Å². The fraction of sp³-hybridized carbons (Fsp3) is 0.538. The Morgan fingerprint density at radius 2 is 1.95 bits per heavy atom. The van der Waals surface area contributed by atoms with Crippen LogP contribution in [-0.4, -0.2) is 35.2 Å². The number of nitrogens with one attached hydrogen (secondary N) is 2. The average molecular weight is 321 g/mol. The molecule has 0 aliphatic rings. The first-order valence-corrected chi connectivity index (χ1v) is 8.33. The lowest BCUT2D eigenvalue weighted by atomic mass is 10.2. The molecule has 0 atom stereocenters. The van der Waals surface area contributed by atoms with E-state index in [-0.39, 0.29) is 9.92 Å². The molecule has 2 N–H and O–H groups in total. The first-order valence-electron chi connectivity index (χ1n) is 6.47. The fourth-order valence-corrected chi connectivity index (χ4v) is 3.32. The molecule has 20 heavy (non-hydrogen) atoms. The Morgan fingerprint density at radius 3 is 2.55 bits per heavy atom. The third kappa shape index (κ3) is 4.63. The number of hydrogen-bond acceptors (Lipinski definition) is 4. The van der Waals surface area contributed by atoms with Crippen LogP contribution in [-0.2, 0) is 10.0 Å². The highest BCUT2D eigenvalue weighted by Gasteiger charge is 2.18. The maximum absolute atomic E-state index is 12.2. The van der Waals surface area contributed by atoms with Gasteiger partial charge in [-0.1, -0.05) is 18.5 Å². The summed E-state index contributed by atoms with van der Waals surface area (Å²) in [7, 11) is -2.06. The van der Waals surface area contributed by atoms with Crippen molar-refractivity contribution in [2.45, 2.75) is 25.2 Å². The van der Waals surface area contributed by atoms with E-state index in [1.807, 2.05) is 0 Å². The van der Waals surface area contributed by atoms with Gasteiger partial charge in [-0.3, -0.25) is 0 Å². The molecule has 0 saturated carbocycles. The van der Waals surface area contributed by atoms with E-state index in [2.05, 4.69) is 17.0 Å². The molecule has 114 valence electrons. The van der Waals surface area contributed by atoms with Crippen LogP contribution in [0.15, 0.2) is 17.0 Å². The van der Waals surface area contributed by atoms with Gasteiger partial charge in [0, 0.05) is 13.1 Å². The Bertz CT molecular complexity index is 547. The molecule has 0 heterocycles. The average Bonchev–Trinajstić information content (AvgIpc) is 2.40. The van der Waals surface area contributed by atoms with Gasteiger partial charge in [-0.05, 0) is 37.6 Å². The minimum absolute atomic E-state index is 0.179. The summed E-state index contributed by atoms with van der Waals surface area (Å²) in [6.45, 7) is 5.57. The summed E-state index contributed by atoms with van der Waals surface area (Å²) in [5.74, 6) is 0.465. The van der Waals surface area contributed by atoms with Crippen molar-refractivity contribution < 1.29 is 13.2 Å². The van der Waals surface area contributed by atoms with Crippen LogP contribution in [0.1, 0.15) is 18.9 Å². The van der Waals surface area contributed by atoms with Gasteiger partial charge < -0.3 is 10.1 Å². The van der Waals surface area contributed by atoms with E-state index in [4.69, 9.17) is 16.3 Å². The zero-order valence-corrected chi connectivity index (χ0v) is 13.6. The molecule has 0 aliphatic carbocycles. The van der Waals surface area contributed by atoms with E-state index >= 15 is 0 Å². The molecule has 0 saturated heterocycles. The molecule has 0 fully saturated rings. The lowest BCUT2D eigenvalue weighted by Gasteiger charge is -2.12. The van der Waals surface area contributed by atoms with Crippen LogP contribution in [0, 0.1) is 6.92 Å². The maximum atomic E-state index is 12.2. The van der Waals surface area contributed by atoms with Crippen molar-refractivity contribution in [2.24, 2.45) is 0 Å². The van der Waals surface area contributed by atoms with Crippen molar-refractivity contribution in [3.05, 3.63) is 22.7 Å². The van der Waals surface area contributed by atoms with Crippen molar-refractivity contribution in [3.63, 3.8) is 0 Å². The Kier molecular flexibility index (Phi) is 6.75. The molecule has 0 aromatic heterocycles.